The van der Waals surface area contributed by atoms with E-state index >= 15 is 0 Å². The zero-order valence-electron chi connectivity index (χ0n) is 9.56. The number of benzene rings is 2. The van der Waals surface area contributed by atoms with Crippen molar-refractivity contribution in [2.45, 2.75) is 0 Å². The summed E-state index contributed by atoms with van der Waals surface area (Å²) in [6.07, 6.45) is 0. The van der Waals surface area contributed by atoms with Crippen LogP contribution in [0.25, 0.3) is 22.6 Å². The van der Waals surface area contributed by atoms with Gasteiger partial charge in [0.2, 0.25) is 5.89 Å². The third-order valence-electron chi connectivity index (χ3n) is 2.71. The molecule has 3 aromatic rings. The lowest BCUT2D eigenvalue weighted by Crippen LogP contribution is -1.86. The summed E-state index contributed by atoms with van der Waals surface area (Å²) in [7, 11) is 0. The van der Waals surface area contributed by atoms with E-state index in [9.17, 15) is 4.79 Å². The van der Waals surface area contributed by atoms with Crippen LogP contribution in [0.5, 0.6) is 0 Å². The Hall–Kier alpha value is -1.40. The summed E-state index contributed by atoms with van der Waals surface area (Å²) in [5.41, 5.74) is 2.57. The fraction of sp³-hybridized carbons (Fsp3) is 0. The summed E-state index contributed by atoms with van der Waals surface area (Å²) in [5, 5.41) is -0.499. The molecule has 0 bridgehead atoms. The van der Waals surface area contributed by atoms with Crippen LogP contribution in [-0.2, 0) is 0 Å². The number of rotatable bonds is 2. The van der Waals surface area contributed by atoms with E-state index in [1.807, 2.05) is 24.3 Å². The Morgan fingerprint density at radius 2 is 1.89 bits per heavy atom. The molecule has 0 amide bonds. The van der Waals surface area contributed by atoms with Gasteiger partial charge in [0.05, 0.1) is 0 Å². The summed E-state index contributed by atoms with van der Waals surface area (Å²) in [5.74, 6) is 0.533. The first-order chi connectivity index (χ1) is 9.13. The number of hydrogen-bond acceptors (Lipinski definition) is 3. The Balaban J connectivity index is 2.11. The molecule has 0 aliphatic heterocycles. The average molecular weight is 384 g/mol. The smallest absolute Gasteiger partial charge is 0.252 e. The number of carbonyl (C=O) groups is 1. The normalized spacial score (nSPS) is 10.8. The van der Waals surface area contributed by atoms with Crippen LogP contribution in [0.2, 0.25) is 0 Å². The average Bonchev–Trinajstić information content (AvgIpc) is 2.82. The van der Waals surface area contributed by atoms with Crippen molar-refractivity contribution in [3.05, 3.63) is 51.6 Å². The minimum absolute atomic E-state index is 0.414. The lowest BCUT2D eigenvalue weighted by Gasteiger charge is -1.94. The Kier molecular flexibility index (Phi) is 3.28. The first-order valence-electron chi connectivity index (χ1n) is 5.50. The molecule has 0 atom stereocenters. The Morgan fingerprint density at radius 1 is 1.16 bits per heavy atom. The number of oxazole rings is 1. The van der Waals surface area contributed by atoms with Crippen LogP contribution >= 0.6 is 34.2 Å². The maximum atomic E-state index is 11.1. The van der Waals surface area contributed by atoms with Gasteiger partial charge in [0.1, 0.15) is 5.52 Å². The summed E-state index contributed by atoms with van der Waals surface area (Å²) in [6, 6.07) is 12.8. The largest absolute Gasteiger partial charge is 0.436 e. The van der Waals surface area contributed by atoms with E-state index in [1.165, 1.54) is 0 Å². The Morgan fingerprint density at radius 3 is 2.58 bits per heavy atom. The molecular weight excluding hydrogens is 377 g/mol. The third kappa shape index (κ3) is 2.50. The van der Waals surface area contributed by atoms with Crippen LogP contribution in [0.3, 0.4) is 0 Å². The minimum atomic E-state index is -0.499. The molecule has 94 valence electrons. The van der Waals surface area contributed by atoms with Crippen LogP contribution in [0.1, 0.15) is 10.4 Å². The van der Waals surface area contributed by atoms with Crippen LogP contribution < -0.4 is 0 Å². The van der Waals surface area contributed by atoms with Gasteiger partial charge < -0.3 is 4.42 Å². The lowest BCUT2D eigenvalue weighted by molar-refractivity contribution is 0.108. The van der Waals surface area contributed by atoms with Crippen molar-refractivity contribution in [3.63, 3.8) is 0 Å². The van der Waals surface area contributed by atoms with E-state index in [-0.39, 0.29) is 0 Å². The standard InChI is InChI=1S/C14H7ClINO2/c15-13(18)9-3-6-12-11(7-9)17-14(19-12)8-1-4-10(16)5-2-8/h1-7H. The fourth-order valence-corrected chi connectivity index (χ4v) is 2.24. The topological polar surface area (TPSA) is 43.1 Å². The summed E-state index contributed by atoms with van der Waals surface area (Å²) < 4.78 is 6.81. The molecule has 0 aliphatic carbocycles. The Bertz CT molecular complexity index is 765. The van der Waals surface area contributed by atoms with Crippen molar-refractivity contribution in [3.8, 4) is 11.5 Å². The van der Waals surface area contributed by atoms with Crippen molar-refractivity contribution in [1.82, 2.24) is 4.98 Å². The number of nitrogens with zero attached hydrogens (tertiary/aromatic N) is 1. The van der Waals surface area contributed by atoms with Crippen LogP contribution in [-0.4, -0.2) is 10.2 Å². The van der Waals surface area contributed by atoms with Crippen molar-refractivity contribution in [2.24, 2.45) is 0 Å². The molecule has 0 saturated heterocycles. The van der Waals surface area contributed by atoms with Crippen LogP contribution in [0, 0.1) is 3.57 Å². The van der Waals surface area contributed by atoms with E-state index < -0.39 is 5.24 Å². The fourth-order valence-electron chi connectivity index (χ4n) is 1.77. The van der Waals surface area contributed by atoms with Gasteiger partial charge >= 0.3 is 0 Å². The van der Waals surface area contributed by atoms with Crippen molar-refractivity contribution >= 4 is 50.5 Å². The van der Waals surface area contributed by atoms with E-state index in [0.29, 0.717) is 22.6 Å². The second-order valence-electron chi connectivity index (χ2n) is 3.98. The molecule has 3 nitrogen and oxygen atoms in total. The number of halogens is 2. The highest BCUT2D eigenvalue weighted by molar-refractivity contribution is 14.1. The van der Waals surface area contributed by atoms with Gasteiger partial charge in [0, 0.05) is 14.7 Å². The van der Waals surface area contributed by atoms with Gasteiger partial charge in [-0.25, -0.2) is 4.98 Å². The van der Waals surface area contributed by atoms with Crippen molar-refractivity contribution < 1.29 is 9.21 Å². The van der Waals surface area contributed by atoms with Crippen molar-refractivity contribution in [1.29, 1.82) is 0 Å². The molecule has 0 saturated carbocycles. The predicted molar refractivity (Wildman–Crippen MR) is 82.3 cm³/mol. The molecule has 0 unspecified atom stereocenters. The number of aromatic nitrogens is 1. The molecule has 0 N–H and O–H groups in total. The summed E-state index contributed by atoms with van der Waals surface area (Å²) in [4.78, 5) is 15.5. The quantitative estimate of drug-likeness (QED) is 0.484. The van der Waals surface area contributed by atoms with Gasteiger partial charge in [-0.2, -0.15) is 0 Å². The van der Waals surface area contributed by atoms with Gasteiger partial charge in [0.25, 0.3) is 5.24 Å². The highest BCUT2D eigenvalue weighted by atomic mass is 127. The van der Waals surface area contributed by atoms with Gasteiger partial charge in [-0.15, -0.1) is 0 Å². The number of fused-ring (bicyclic) bond motifs is 1. The van der Waals surface area contributed by atoms with Gasteiger partial charge in [-0.05, 0) is 76.7 Å². The van der Waals surface area contributed by atoms with Crippen LogP contribution in [0.4, 0.5) is 0 Å². The number of hydrogen-bond donors (Lipinski definition) is 0. The molecule has 0 radical (unpaired) electrons. The molecule has 2 aromatic carbocycles. The molecular formula is C14H7ClINO2. The van der Waals surface area contributed by atoms with E-state index in [4.69, 9.17) is 16.0 Å². The molecule has 1 heterocycles. The SMILES string of the molecule is O=C(Cl)c1ccc2oc(-c3ccc(I)cc3)nc2c1. The molecule has 3 rings (SSSR count). The zero-order valence-corrected chi connectivity index (χ0v) is 12.5. The highest BCUT2D eigenvalue weighted by Crippen LogP contribution is 2.25. The van der Waals surface area contributed by atoms with Gasteiger partial charge in [0.15, 0.2) is 5.58 Å². The lowest BCUT2D eigenvalue weighted by atomic mass is 10.2. The second-order valence-corrected chi connectivity index (χ2v) is 5.57. The van der Waals surface area contributed by atoms with Gasteiger partial charge in [-0.3, -0.25) is 4.79 Å². The summed E-state index contributed by atoms with van der Waals surface area (Å²) >= 11 is 7.69. The minimum Gasteiger partial charge on any atom is -0.436 e. The van der Waals surface area contributed by atoms with Crippen molar-refractivity contribution in [2.75, 3.05) is 0 Å². The monoisotopic (exact) mass is 383 g/mol. The second kappa shape index (κ2) is 4.94. The first kappa shape index (κ1) is 12.6. The summed E-state index contributed by atoms with van der Waals surface area (Å²) in [6.45, 7) is 0. The number of carbonyl (C=O) groups excluding carboxylic acids is 1. The third-order valence-corrected chi connectivity index (χ3v) is 3.64. The zero-order chi connectivity index (χ0) is 13.4. The van der Waals surface area contributed by atoms with Gasteiger partial charge in [-0.1, -0.05) is 0 Å². The molecule has 0 aliphatic rings. The molecule has 5 heteroatoms. The van der Waals surface area contributed by atoms with E-state index in [1.54, 1.807) is 18.2 Å². The molecule has 0 fully saturated rings. The van der Waals surface area contributed by atoms with Crippen LogP contribution in [0.15, 0.2) is 46.9 Å². The maximum Gasteiger partial charge on any atom is 0.252 e. The maximum absolute atomic E-state index is 11.1. The molecule has 1 aromatic heterocycles. The predicted octanol–water partition coefficient (Wildman–Crippen LogP) is 4.48. The Labute approximate surface area is 127 Å². The van der Waals surface area contributed by atoms with E-state index in [2.05, 4.69) is 27.6 Å². The highest BCUT2D eigenvalue weighted by Gasteiger charge is 2.10. The first-order valence-corrected chi connectivity index (χ1v) is 6.95. The van der Waals surface area contributed by atoms with E-state index in [0.717, 1.165) is 9.13 Å². The molecule has 0 spiro atoms. The molecule has 19 heavy (non-hydrogen) atoms.